The smallest absolute Gasteiger partial charge is 0.172 e. The molecule has 0 spiro atoms. The van der Waals surface area contributed by atoms with Gasteiger partial charge in [-0.25, -0.2) is 0 Å². The molecule has 1 atom stereocenters. The van der Waals surface area contributed by atoms with Crippen LogP contribution >= 0.6 is 11.3 Å². The highest BCUT2D eigenvalue weighted by molar-refractivity contribution is 7.08. The molecule has 0 N–H and O–H groups in total. The molecule has 1 fully saturated rings. The summed E-state index contributed by atoms with van der Waals surface area (Å²) in [6.07, 6.45) is 11.3. The first-order valence-electron chi connectivity index (χ1n) is 7.29. The lowest BCUT2D eigenvalue weighted by molar-refractivity contribution is 0.0412. The van der Waals surface area contributed by atoms with E-state index >= 15 is 0 Å². The summed E-state index contributed by atoms with van der Waals surface area (Å²) in [5.41, 5.74) is 0. The van der Waals surface area contributed by atoms with Crippen molar-refractivity contribution >= 4 is 11.3 Å². The van der Waals surface area contributed by atoms with Gasteiger partial charge in [0.25, 0.3) is 0 Å². The quantitative estimate of drug-likeness (QED) is 0.737. The minimum atomic E-state index is 0.283. The number of rotatable bonds is 1. The Kier molecular flexibility index (Phi) is 4.09. The molecule has 2 heterocycles. The van der Waals surface area contributed by atoms with E-state index < -0.39 is 0 Å². The Bertz CT molecular complexity index is 364. The maximum Gasteiger partial charge on any atom is 0.172 e. The van der Waals surface area contributed by atoms with Crippen molar-refractivity contribution in [3.63, 3.8) is 0 Å². The molecule has 2 aliphatic rings. The van der Waals surface area contributed by atoms with Gasteiger partial charge in [0.1, 0.15) is 12.7 Å². The second kappa shape index (κ2) is 5.96. The Morgan fingerprint density at radius 3 is 2.33 bits per heavy atom. The third kappa shape index (κ3) is 2.82. The van der Waals surface area contributed by atoms with Crippen LogP contribution in [0.5, 0.6) is 11.5 Å². The highest BCUT2D eigenvalue weighted by Crippen LogP contribution is 2.38. The van der Waals surface area contributed by atoms with E-state index in [1.165, 1.54) is 51.4 Å². The second-order valence-corrected chi connectivity index (χ2v) is 6.27. The van der Waals surface area contributed by atoms with Crippen LogP contribution < -0.4 is 9.47 Å². The molecule has 0 bridgehead atoms. The topological polar surface area (TPSA) is 18.5 Å². The SMILES string of the molecule is c1scc2c1OCC(C1CCCCCCCC1)O2. The van der Waals surface area contributed by atoms with Crippen LogP contribution in [0.25, 0.3) is 0 Å². The molecule has 1 saturated carbocycles. The standard InChI is InChI=1S/C15H22O2S/c1-2-4-6-8-12(7-5-3-1)13-9-16-14-10-18-11-15(14)17-13/h10-13H,1-9H2. The lowest BCUT2D eigenvalue weighted by Crippen LogP contribution is -2.35. The summed E-state index contributed by atoms with van der Waals surface area (Å²) in [4.78, 5) is 0. The van der Waals surface area contributed by atoms with Gasteiger partial charge in [-0.1, -0.05) is 38.5 Å². The van der Waals surface area contributed by atoms with Gasteiger partial charge in [-0.05, 0) is 18.8 Å². The molecular weight excluding hydrogens is 244 g/mol. The monoisotopic (exact) mass is 266 g/mol. The molecule has 100 valence electrons. The van der Waals surface area contributed by atoms with Gasteiger partial charge in [0.05, 0.1) is 0 Å². The molecule has 1 aliphatic carbocycles. The average molecular weight is 266 g/mol. The van der Waals surface area contributed by atoms with E-state index in [9.17, 15) is 0 Å². The van der Waals surface area contributed by atoms with Gasteiger partial charge in [0.2, 0.25) is 0 Å². The predicted octanol–water partition coefficient (Wildman–Crippen LogP) is 4.64. The Morgan fingerprint density at radius 2 is 1.56 bits per heavy atom. The summed E-state index contributed by atoms with van der Waals surface area (Å²) in [5, 5.41) is 4.10. The largest absolute Gasteiger partial charge is 0.485 e. The third-order valence-corrected chi connectivity index (χ3v) is 4.90. The van der Waals surface area contributed by atoms with Crippen molar-refractivity contribution in [1.29, 1.82) is 0 Å². The molecule has 0 saturated heterocycles. The number of ether oxygens (including phenoxy) is 2. The number of hydrogen-bond donors (Lipinski definition) is 0. The van der Waals surface area contributed by atoms with Crippen molar-refractivity contribution in [2.45, 2.75) is 57.5 Å². The summed E-state index contributed by atoms with van der Waals surface area (Å²) in [6, 6.07) is 0. The Morgan fingerprint density at radius 1 is 0.889 bits per heavy atom. The van der Waals surface area contributed by atoms with E-state index in [-0.39, 0.29) is 6.10 Å². The lowest BCUT2D eigenvalue weighted by Gasteiger charge is -2.31. The summed E-state index contributed by atoms with van der Waals surface area (Å²) in [6.45, 7) is 0.744. The lowest BCUT2D eigenvalue weighted by atomic mass is 9.91. The molecule has 1 aliphatic heterocycles. The second-order valence-electron chi connectivity index (χ2n) is 5.53. The molecule has 3 heteroatoms. The van der Waals surface area contributed by atoms with Crippen LogP contribution in [-0.2, 0) is 0 Å². The van der Waals surface area contributed by atoms with E-state index in [1.54, 1.807) is 11.3 Å². The van der Waals surface area contributed by atoms with Crippen LogP contribution in [0.2, 0.25) is 0 Å². The molecule has 0 aromatic carbocycles. The van der Waals surface area contributed by atoms with Crippen LogP contribution in [0.15, 0.2) is 10.8 Å². The van der Waals surface area contributed by atoms with Gasteiger partial charge >= 0.3 is 0 Å². The molecule has 1 unspecified atom stereocenters. The Balaban J connectivity index is 1.62. The molecule has 1 aromatic heterocycles. The normalized spacial score (nSPS) is 26.1. The number of thiophene rings is 1. The zero-order chi connectivity index (χ0) is 12.2. The van der Waals surface area contributed by atoms with Crippen LogP contribution in [0.4, 0.5) is 0 Å². The van der Waals surface area contributed by atoms with E-state index in [0.717, 1.165) is 18.1 Å². The van der Waals surface area contributed by atoms with Crippen molar-refractivity contribution in [3.05, 3.63) is 10.8 Å². The van der Waals surface area contributed by atoms with Gasteiger partial charge in [-0.3, -0.25) is 0 Å². The van der Waals surface area contributed by atoms with E-state index in [1.807, 2.05) is 5.38 Å². The van der Waals surface area contributed by atoms with Crippen molar-refractivity contribution < 1.29 is 9.47 Å². The van der Waals surface area contributed by atoms with E-state index in [0.29, 0.717) is 5.92 Å². The summed E-state index contributed by atoms with van der Waals surface area (Å²) >= 11 is 1.66. The van der Waals surface area contributed by atoms with Crippen LogP contribution in [-0.4, -0.2) is 12.7 Å². The minimum Gasteiger partial charge on any atom is -0.485 e. The number of fused-ring (bicyclic) bond motifs is 1. The number of hydrogen-bond acceptors (Lipinski definition) is 3. The van der Waals surface area contributed by atoms with Gasteiger partial charge in [0.15, 0.2) is 11.5 Å². The molecule has 0 amide bonds. The van der Waals surface area contributed by atoms with Crippen LogP contribution in [0, 0.1) is 5.92 Å². The first kappa shape index (κ1) is 12.3. The molecule has 3 rings (SSSR count). The van der Waals surface area contributed by atoms with Crippen molar-refractivity contribution in [2.75, 3.05) is 6.61 Å². The average Bonchev–Trinajstić information content (AvgIpc) is 2.90. The van der Waals surface area contributed by atoms with Crippen LogP contribution in [0.1, 0.15) is 51.4 Å². The summed E-state index contributed by atoms with van der Waals surface area (Å²) in [5.74, 6) is 2.60. The molecule has 2 nitrogen and oxygen atoms in total. The molecular formula is C15H22O2S. The van der Waals surface area contributed by atoms with Gasteiger partial charge in [-0.2, -0.15) is 0 Å². The first-order chi connectivity index (χ1) is 8.93. The third-order valence-electron chi connectivity index (χ3n) is 4.20. The molecule has 0 radical (unpaired) electrons. The zero-order valence-electron chi connectivity index (χ0n) is 10.9. The molecule has 1 aromatic rings. The van der Waals surface area contributed by atoms with E-state index in [2.05, 4.69) is 5.38 Å². The minimum absolute atomic E-state index is 0.283. The van der Waals surface area contributed by atoms with Gasteiger partial charge in [-0.15, -0.1) is 11.3 Å². The maximum absolute atomic E-state index is 6.13. The van der Waals surface area contributed by atoms with E-state index in [4.69, 9.17) is 9.47 Å². The van der Waals surface area contributed by atoms with Gasteiger partial charge in [0, 0.05) is 10.8 Å². The first-order valence-corrected chi connectivity index (χ1v) is 8.23. The summed E-state index contributed by atoms with van der Waals surface area (Å²) < 4.78 is 12.0. The van der Waals surface area contributed by atoms with Crippen molar-refractivity contribution in [2.24, 2.45) is 5.92 Å². The fraction of sp³-hybridized carbons (Fsp3) is 0.733. The van der Waals surface area contributed by atoms with Crippen LogP contribution in [0.3, 0.4) is 0 Å². The highest BCUT2D eigenvalue weighted by Gasteiger charge is 2.29. The summed E-state index contributed by atoms with van der Waals surface area (Å²) in [7, 11) is 0. The highest BCUT2D eigenvalue weighted by atomic mass is 32.1. The van der Waals surface area contributed by atoms with Crippen molar-refractivity contribution in [1.82, 2.24) is 0 Å². The predicted molar refractivity (Wildman–Crippen MR) is 74.7 cm³/mol. The van der Waals surface area contributed by atoms with Crippen molar-refractivity contribution in [3.8, 4) is 11.5 Å². The Labute approximate surface area is 113 Å². The fourth-order valence-corrected chi connectivity index (χ4v) is 3.77. The van der Waals surface area contributed by atoms with Gasteiger partial charge < -0.3 is 9.47 Å². The molecule has 18 heavy (non-hydrogen) atoms. The Hall–Kier alpha value is -0.700. The fourth-order valence-electron chi connectivity index (χ4n) is 3.10. The maximum atomic E-state index is 6.13. The zero-order valence-corrected chi connectivity index (χ0v) is 11.7.